The molecule has 4 rings (SSSR count). The lowest BCUT2D eigenvalue weighted by Gasteiger charge is -2.36. The van der Waals surface area contributed by atoms with E-state index in [0.29, 0.717) is 13.1 Å². The molecule has 3 aromatic rings. The topological polar surface area (TPSA) is 23.6 Å². The van der Waals surface area contributed by atoms with Crippen LogP contribution >= 0.6 is 11.3 Å². The molecule has 0 unspecified atom stereocenters. The van der Waals surface area contributed by atoms with E-state index in [1.807, 2.05) is 46.7 Å². The molecule has 0 N–H and O–H groups in total. The van der Waals surface area contributed by atoms with Crippen molar-refractivity contribution >= 4 is 22.9 Å². The molecular weight excluding hydrogens is 347 g/mol. The quantitative estimate of drug-likeness (QED) is 0.681. The smallest absolute Gasteiger partial charge is 0.264 e. The number of carbonyl (C=O) groups is 1. The number of halogens is 1. The van der Waals surface area contributed by atoms with Crippen molar-refractivity contribution in [2.45, 2.75) is 0 Å². The Kier molecular flexibility index (Phi) is 4.71. The van der Waals surface area contributed by atoms with Crippen molar-refractivity contribution < 1.29 is 9.18 Å². The highest BCUT2D eigenvalue weighted by molar-refractivity contribution is 7.12. The molecule has 1 fully saturated rings. The van der Waals surface area contributed by atoms with Crippen LogP contribution in [0.25, 0.3) is 11.1 Å². The third kappa shape index (κ3) is 3.35. The Balaban J connectivity index is 1.46. The SMILES string of the molecule is O=C(c1sccc1-c1ccccc1)N1CCN(c2ccc(F)cc2)CC1. The summed E-state index contributed by atoms with van der Waals surface area (Å²) in [7, 11) is 0. The molecule has 1 aliphatic heterocycles. The predicted octanol–water partition coefficient (Wildman–Crippen LogP) is 4.52. The van der Waals surface area contributed by atoms with Crippen molar-refractivity contribution in [3.63, 3.8) is 0 Å². The van der Waals surface area contributed by atoms with E-state index in [-0.39, 0.29) is 11.7 Å². The molecule has 0 aliphatic carbocycles. The first-order chi connectivity index (χ1) is 12.7. The number of amides is 1. The molecule has 5 heteroatoms. The zero-order valence-electron chi connectivity index (χ0n) is 14.3. The summed E-state index contributed by atoms with van der Waals surface area (Å²) >= 11 is 1.50. The van der Waals surface area contributed by atoms with E-state index in [9.17, 15) is 9.18 Å². The van der Waals surface area contributed by atoms with E-state index < -0.39 is 0 Å². The Bertz CT molecular complexity index is 884. The Morgan fingerprint density at radius 2 is 1.58 bits per heavy atom. The molecule has 1 aromatic heterocycles. The van der Waals surface area contributed by atoms with Crippen molar-refractivity contribution in [2.24, 2.45) is 0 Å². The Morgan fingerprint density at radius 1 is 0.885 bits per heavy atom. The van der Waals surface area contributed by atoms with Gasteiger partial charge in [-0.15, -0.1) is 11.3 Å². The first kappa shape index (κ1) is 16.8. The van der Waals surface area contributed by atoms with Crippen LogP contribution in [0.4, 0.5) is 10.1 Å². The minimum atomic E-state index is -0.228. The van der Waals surface area contributed by atoms with Gasteiger partial charge >= 0.3 is 0 Å². The molecule has 1 aliphatic rings. The molecule has 3 nitrogen and oxygen atoms in total. The van der Waals surface area contributed by atoms with Gasteiger partial charge in [-0.05, 0) is 41.3 Å². The highest BCUT2D eigenvalue weighted by Crippen LogP contribution is 2.29. The second kappa shape index (κ2) is 7.30. The highest BCUT2D eigenvalue weighted by atomic mass is 32.1. The van der Waals surface area contributed by atoms with Crippen LogP contribution in [0.2, 0.25) is 0 Å². The van der Waals surface area contributed by atoms with Gasteiger partial charge in [0.05, 0.1) is 4.88 Å². The van der Waals surface area contributed by atoms with Gasteiger partial charge in [-0.2, -0.15) is 0 Å². The Morgan fingerprint density at radius 3 is 2.27 bits per heavy atom. The molecule has 26 heavy (non-hydrogen) atoms. The highest BCUT2D eigenvalue weighted by Gasteiger charge is 2.25. The maximum atomic E-state index is 13.1. The maximum Gasteiger partial charge on any atom is 0.264 e. The van der Waals surface area contributed by atoms with Crippen LogP contribution in [-0.4, -0.2) is 37.0 Å². The fourth-order valence-electron chi connectivity index (χ4n) is 3.28. The molecule has 132 valence electrons. The van der Waals surface area contributed by atoms with Gasteiger partial charge in [-0.1, -0.05) is 30.3 Å². The lowest BCUT2D eigenvalue weighted by molar-refractivity contribution is 0.0752. The summed E-state index contributed by atoms with van der Waals surface area (Å²) in [5.41, 5.74) is 3.07. The van der Waals surface area contributed by atoms with E-state index in [1.165, 1.54) is 23.5 Å². The summed E-state index contributed by atoms with van der Waals surface area (Å²) in [6.07, 6.45) is 0. The minimum absolute atomic E-state index is 0.0950. The number of carbonyl (C=O) groups excluding carboxylic acids is 1. The fourth-order valence-corrected chi connectivity index (χ4v) is 4.17. The number of hydrogen-bond donors (Lipinski definition) is 0. The Labute approximate surface area is 156 Å². The van der Waals surface area contributed by atoms with Crippen molar-refractivity contribution in [3.8, 4) is 11.1 Å². The summed E-state index contributed by atoms with van der Waals surface area (Å²) in [6, 6.07) is 18.6. The average Bonchev–Trinajstić information content (AvgIpc) is 3.19. The minimum Gasteiger partial charge on any atom is -0.368 e. The number of benzene rings is 2. The number of thiophene rings is 1. The first-order valence-electron chi connectivity index (χ1n) is 8.65. The van der Waals surface area contributed by atoms with Crippen LogP contribution in [-0.2, 0) is 0 Å². The van der Waals surface area contributed by atoms with Crippen molar-refractivity contribution in [2.75, 3.05) is 31.1 Å². The standard InChI is InChI=1S/C21H19FN2OS/c22-17-6-8-18(9-7-17)23-11-13-24(14-12-23)21(25)20-19(10-15-26-20)16-4-2-1-3-5-16/h1-10,15H,11-14H2. The Hall–Kier alpha value is -2.66. The van der Waals surface area contributed by atoms with E-state index in [2.05, 4.69) is 4.90 Å². The summed E-state index contributed by atoms with van der Waals surface area (Å²) in [5.74, 6) is -0.133. The predicted molar refractivity (Wildman–Crippen MR) is 104 cm³/mol. The van der Waals surface area contributed by atoms with Crippen LogP contribution in [0.15, 0.2) is 66.0 Å². The molecule has 0 saturated carbocycles. The third-order valence-electron chi connectivity index (χ3n) is 4.70. The monoisotopic (exact) mass is 366 g/mol. The van der Waals surface area contributed by atoms with Gasteiger partial charge in [-0.25, -0.2) is 4.39 Å². The van der Waals surface area contributed by atoms with Crippen LogP contribution in [0.5, 0.6) is 0 Å². The number of anilines is 1. The number of nitrogens with zero attached hydrogens (tertiary/aromatic N) is 2. The zero-order chi connectivity index (χ0) is 17.9. The molecule has 0 radical (unpaired) electrons. The van der Waals surface area contributed by atoms with E-state index >= 15 is 0 Å². The number of rotatable bonds is 3. The normalized spacial score (nSPS) is 14.5. The fraction of sp³-hybridized carbons (Fsp3) is 0.190. The molecule has 1 saturated heterocycles. The zero-order valence-corrected chi connectivity index (χ0v) is 15.1. The van der Waals surface area contributed by atoms with Crippen molar-refractivity contribution in [1.82, 2.24) is 4.90 Å². The summed E-state index contributed by atoms with van der Waals surface area (Å²) in [5, 5.41) is 1.98. The first-order valence-corrected chi connectivity index (χ1v) is 9.53. The van der Waals surface area contributed by atoms with E-state index in [0.717, 1.165) is 34.8 Å². The lowest BCUT2D eigenvalue weighted by atomic mass is 10.1. The van der Waals surface area contributed by atoms with Crippen LogP contribution in [0, 0.1) is 5.82 Å². The molecule has 2 heterocycles. The van der Waals surface area contributed by atoms with Gasteiger partial charge < -0.3 is 9.80 Å². The number of hydrogen-bond acceptors (Lipinski definition) is 3. The largest absolute Gasteiger partial charge is 0.368 e. The molecule has 2 aromatic carbocycles. The van der Waals surface area contributed by atoms with Crippen LogP contribution in [0.3, 0.4) is 0 Å². The second-order valence-corrected chi connectivity index (χ2v) is 7.20. The molecule has 1 amide bonds. The van der Waals surface area contributed by atoms with Gasteiger partial charge in [0.1, 0.15) is 5.82 Å². The van der Waals surface area contributed by atoms with Crippen LogP contribution < -0.4 is 4.90 Å². The molecule has 0 spiro atoms. The van der Waals surface area contributed by atoms with Gasteiger partial charge in [0.2, 0.25) is 0 Å². The number of piperazine rings is 1. The lowest BCUT2D eigenvalue weighted by Crippen LogP contribution is -2.48. The molecule has 0 bridgehead atoms. The van der Waals surface area contributed by atoms with Gasteiger partial charge in [0.25, 0.3) is 5.91 Å². The maximum absolute atomic E-state index is 13.1. The van der Waals surface area contributed by atoms with E-state index in [4.69, 9.17) is 0 Å². The summed E-state index contributed by atoms with van der Waals surface area (Å²) in [6.45, 7) is 2.84. The average molecular weight is 366 g/mol. The molecular formula is C21H19FN2OS. The van der Waals surface area contributed by atoms with Gasteiger partial charge in [0.15, 0.2) is 0 Å². The van der Waals surface area contributed by atoms with Crippen molar-refractivity contribution in [3.05, 3.63) is 76.7 Å². The van der Waals surface area contributed by atoms with E-state index in [1.54, 1.807) is 12.1 Å². The molecule has 0 atom stereocenters. The summed E-state index contributed by atoms with van der Waals surface area (Å²) in [4.78, 5) is 17.9. The van der Waals surface area contributed by atoms with Gasteiger partial charge in [0, 0.05) is 37.4 Å². The second-order valence-electron chi connectivity index (χ2n) is 6.29. The third-order valence-corrected chi connectivity index (χ3v) is 5.61. The van der Waals surface area contributed by atoms with Gasteiger partial charge in [-0.3, -0.25) is 4.79 Å². The van der Waals surface area contributed by atoms with Crippen LogP contribution in [0.1, 0.15) is 9.67 Å². The van der Waals surface area contributed by atoms with Crippen molar-refractivity contribution in [1.29, 1.82) is 0 Å². The summed E-state index contributed by atoms with van der Waals surface area (Å²) < 4.78 is 13.1.